The number of nitrogens with zero attached hydrogens (tertiary/aromatic N) is 1. The molecule has 4 rings (SSSR count). The monoisotopic (exact) mass is 381 g/mol. The second-order valence-electron chi connectivity index (χ2n) is 6.93. The van der Waals surface area contributed by atoms with Crippen LogP contribution < -0.4 is 10.6 Å². The van der Waals surface area contributed by atoms with Crippen molar-refractivity contribution in [2.24, 2.45) is 5.41 Å². The molecule has 5 nitrogen and oxygen atoms in total. The number of amides is 1. The normalized spacial score (nSPS) is 19.4. The van der Waals surface area contributed by atoms with Crippen molar-refractivity contribution in [2.45, 2.75) is 31.6 Å². The number of halogens is 1. The summed E-state index contributed by atoms with van der Waals surface area (Å²) in [6, 6.07) is 6.02. The summed E-state index contributed by atoms with van der Waals surface area (Å²) < 4.78 is 6.51. The number of methoxy groups -OCH3 is 1. The number of rotatable bonds is 5. The van der Waals surface area contributed by atoms with Gasteiger partial charge in [0.15, 0.2) is 0 Å². The molecule has 1 amide bonds. The van der Waals surface area contributed by atoms with Gasteiger partial charge in [0, 0.05) is 18.7 Å². The number of thiazole rings is 1. The van der Waals surface area contributed by atoms with E-state index in [0.29, 0.717) is 12.5 Å². The Bertz CT molecular complexity index is 748. The van der Waals surface area contributed by atoms with Crippen LogP contribution in [-0.2, 0) is 9.53 Å². The predicted molar refractivity (Wildman–Crippen MR) is 104 cm³/mol. The van der Waals surface area contributed by atoms with E-state index in [1.54, 1.807) is 18.4 Å². The summed E-state index contributed by atoms with van der Waals surface area (Å²) in [5.41, 5.74) is 1.46. The van der Waals surface area contributed by atoms with Gasteiger partial charge in [-0.3, -0.25) is 4.79 Å². The van der Waals surface area contributed by atoms with E-state index in [-0.39, 0.29) is 18.3 Å². The molecule has 2 aliphatic rings. The van der Waals surface area contributed by atoms with E-state index in [9.17, 15) is 4.79 Å². The summed E-state index contributed by atoms with van der Waals surface area (Å²) in [5.74, 6) is 0.734. The fourth-order valence-electron chi connectivity index (χ4n) is 3.41. The number of hydrogen-bond acceptors (Lipinski definition) is 5. The molecular formula is C18H24ClN3O2S. The summed E-state index contributed by atoms with van der Waals surface area (Å²) in [7, 11) is 1.67. The lowest BCUT2D eigenvalue weighted by Crippen LogP contribution is -2.47. The topological polar surface area (TPSA) is 63.2 Å². The van der Waals surface area contributed by atoms with Gasteiger partial charge in [0.1, 0.15) is 0 Å². The highest BCUT2D eigenvalue weighted by Crippen LogP contribution is 2.43. The number of nitrogens with one attached hydrogen (secondary N) is 2. The number of carbonyl (C=O) groups excluding carboxylic acids is 1. The molecule has 2 heterocycles. The van der Waals surface area contributed by atoms with Crippen LogP contribution >= 0.6 is 23.7 Å². The molecule has 0 bridgehead atoms. The van der Waals surface area contributed by atoms with Crippen LogP contribution in [0.5, 0.6) is 0 Å². The molecule has 1 saturated heterocycles. The first-order chi connectivity index (χ1) is 11.7. The van der Waals surface area contributed by atoms with Crippen LogP contribution in [0.25, 0.3) is 10.2 Å². The SMILES string of the molecule is COCC1(C(=O)Nc2ccc3nc(C4CC4)sc3c2)CCNCC1.Cl. The summed E-state index contributed by atoms with van der Waals surface area (Å²) in [6.07, 6.45) is 4.14. The molecule has 0 unspecified atom stereocenters. The molecule has 0 spiro atoms. The average Bonchev–Trinajstić information content (AvgIpc) is 3.35. The van der Waals surface area contributed by atoms with Gasteiger partial charge in [0.05, 0.1) is 27.2 Å². The molecule has 2 aromatic rings. The van der Waals surface area contributed by atoms with Crippen molar-refractivity contribution in [1.29, 1.82) is 0 Å². The van der Waals surface area contributed by atoms with Crippen molar-refractivity contribution < 1.29 is 9.53 Å². The molecule has 1 aliphatic carbocycles. The maximum atomic E-state index is 12.9. The van der Waals surface area contributed by atoms with E-state index in [2.05, 4.69) is 16.7 Å². The first-order valence-corrected chi connectivity index (χ1v) is 9.43. The van der Waals surface area contributed by atoms with Crippen LogP contribution in [0.3, 0.4) is 0 Å². The Hall–Kier alpha value is -1.21. The Labute approximate surface area is 158 Å². The molecule has 1 aromatic heterocycles. The average molecular weight is 382 g/mol. The molecule has 2 N–H and O–H groups in total. The Morgan fingerprint density at radius 3 is 2.84 bits per heavy atom. The van der Waals surface area contributed by atoms with Gasteiger partial charge in [0.25, 0.3) is 0 Å². The van der Waals surface area contributed by atoms with E-state index in [4.69, 9.17) is 9.72 Å². The van der Waals surface area contributed by atoms with Gasteiger partial charge < -0.3 is 15.4 Å². The molecule has 136 valence electrons. The zero-order valence-electron chi connectivity index (χ0n) is 14.3. The highest BCUT2D eigenvalue weighted by atomic mass is 35.5. The van der Waals surface area contributed by atoms with Gasteiger partial charge in [-0.1, -0.05) is 0 Å². The first-order valence-electron chi connectivity index (χ1n) is 8.62. The van der Waals surface area contributed by atoms with Gasteiger partial charge in [-0.05, 0) is 57.0 Å². The molecule has 0 radical (unpaired) electrons. The highest BCUT2D eigenvalue weighted by Gasteiger charge is 2.39. The lowest BCUT2D eigenvalue weighted by Gasteiger charge is -2.35. The van der Waals surface area contributed by atoms with Crippen molar-refractivity contribution in [3.8, 4) is 0 Å². The quantitative estimate of drug-likeness (QED) is 0.831. The maximum Gasteiger partial charge on any atom is 0.233 e. The third-order valence-electron chi connectivity index (χ3n) is 5.05. The molecule has 1 aliphatic heterocycles. The Morgan fingerprint density at radius 2 is 2.16 bits per heavy atom. The maximum absolute atomic E-state index is 12.9. The van der Waals surface area contributed by atoms with Gasteiger partial charge in [-0.25, -0.2) is 4.98 Å². The number of fused-ring (bicyclic) bond motifs is 1. The second-order valence-corrected chi connectivity index (χ2v) is 7.99. The number of hydrogen-bond donors (Lipinski definition) is 2. The van der Waals surface area contributed by atoms with Crippen molar-refractivity contribution in [3.05, 3.63) is 23.2 Å². The van der Waals surface area contributed by atoms with Gasteiger partial charge >= 0.3 is 0 Å². The summed E-state index contributed by atoms with van der Waals surface area (Å²) >= 11 is 1.76. The predicted octanol–water partition coefficient (Wildman–Crippen LogP) is 3.55. The van der Waals surface area contributed by atoms with Gasteiger partial charge in [0.2, 0.25) is 5.91 Å². The Morgan fingerprint density at radius 1 is 1.40 bits per heavy atom. The number of benzene rings is 1. The fourth-order valence-corrected chi connectivity index (χ4v) is 4.58. The summed E-state index contributed by atoms with van der Waals surface area (Å²) in [5, 5.41) is 7.67. The molecule has 1 saturated carbocycles. The fraction of sp³-hybridized carbons (Fsp3) is 0.556. The largest absolute Gasteiger partial charge is 0.384 e. The highest BCUT2D eigenvalue weighted by molar-refractivity contribution is 7.18. The van der Waals surface area contributed by atoms with Crippen molar-refractivity contribution in [2.75, 3.05) is 32.1 Å². The van der Waals surface area contributed by atoms with Crippen molar-refractivity contribution in [3.63, 3.8) is 0 Å². The van der Waals surface area contributed by atoms with Crippen molar-refractivity contribution >= 4 is 45.6 Å². The standard InChI is InChI=1S/C18H23N3O2S.ClH/c1-23-11-18(6-8-19-9-7-18)17(22)20-13-4-5-14-15(10-13)24-16(21-14)12-2-3-12;/h4-5,10,12,19H,2-3,6-9,11H2,1H3,(H,20,22);1H. The number of aromatic nitrogens is 1. The lowest BCUT2D eigenvalue weighted by atomic mass is 9.78. The Kier molecular flexibility index (Phi) is 5.63. The minimum absolute atomic E-state index is 0. The van der Waals surface area contributed by atoms with Gasteiger partial charge in [-0.15, -0.1) is 23.7 Å². The van der Waals surface area contributed by atoms with E-state index in [1.165, 1.54) is 17.8 Å². The number of carbonyl (C=O) groups is 1. The molecule has 25 heavy (non-hydrogen) atoms. The molecule has 0 atom stereocenters. The summed E-state index contributed by atoms with van der Waals surface area (Å²) in [6.45, 7) is 2.18. The van der Waals surface area contributed by atoms with Crippen LogP contribution in [0, 0.1) is 5.41 Å². The van der Waals surface area contributed by atoms with Crippen LogP contribution in [0.4, 0.5) is 5.69 Å². The summed E-state index contributed by atoms with van der Waals surface area (Å²) in [4.78, 5) is 17.6. The zero-order chi connectivity index (χ0) is 16.6. The molecule has 1 aromatic carbocycles. The molecular weight excluding hydrogens is 358 g/mol. The third kappa shape index (κ3) is 3.82. The van der Waals surface area contributed by atoms with Crippen LogP contribution in [-0.4, -0.2) is 37.7 Å². The van der Waals surface area contributed by atoms with E-state index in [1.807, 2.05) is 12.1 Å². The van der Waals surface area contributed by atoms with E-state index < -0.39 is 5.41 Å². The first kappa shape index (κ1) is 18.6. The second kappa shape index (κ2) is 7.58. The van der Waals surface area contributed by atoms with E-state index >= 15 is 0 Å². The lowest BCUT2D eigenvalue weighted by molar-refractivity contribution is -0.130. The number of anilines is 1. The molecule has 7 heteroatoms. The molecule has 2 fully saturated rings. The van der Waals surface area contributed by atoms with Gasteiger partial charge in [-0.2, -0.15) is 0 Å². The van der Waals surface area contributed by atoms with Crippen molar-refractivity contribution in [1.82, 2.24) is 10.3 Å². The zero-order valence-corrected chi connectivity index (χ0v) is 16.0. The van der Waals surface area contributed by atoms with Crippen LogP contribution in [0.15, 0.2) is 18.2 Å². The van der Waals surface area contributed by atoms with E-state index in [0.717, 1.165) is 41.8 Å². The number of piperidine rings is 1. The van der Waals surface area contributed by atoms with Crippen LogP contribution in [0.1, 0.15) is 36.6 Å². The minimum atomic E-state index is -0.429. The van der Waals surface area contributed by atoms with Crippen LogP contribution in [0.2, 0.25) is 0 Å². The third-order valence-corrected chi connectivity index (χ3v) is 6.23. The number of ether oxygens (including phenoxy) is 1. The smallest absolute Gasteiger partial charge is 0.233 e. The Balaban J connectivity index is 0.00000182. The minimum Gasteiger partial charge on any atom is -0.384 e.